The highest BCUT2D eigenvalue weighted by Gasteiger charge is 2.60. The number of alkyl halides is 1. The van der Waals surface area contributed by atoms with Gasteiger partial charge in [0.1, 0.15) is 5.60 Å². The van der Waals surface area contributed by atoms with Gasteiger partial charge in [0.15, 0.2) is 5.67 Å². The standard InChI is InChI=1S/C18H23FN2O3/c19-17(6-7-17)16(22)21-12-18(13-21)14(5-10-24-18)4-9-23-11-15-3-1-2-8-20-15/h1-3,8,14H,4-7,9-13H2/t14-/m1/s1. The van der Waals surface area contributed by atoms with Gasteiger partial charge in [-0.25, -0.2) is 4.39 Å². The molecule has 1 amide bonds. The fourth-order valence-electron chi connectivity index (χ4n) is 3.78. The van der Waals surface area contributed by atoms with E-state index in [9.17, 15) is 9.18 Å². The molecule has 0 bridgehead atoms. The zero-order valence-electron chi connectivity index (χ0n) is 13.7. The van der Waals surface area contributed by atoms with Gasteiger partial charge in [0.2, 0.25) is 0 Å². The monoisotopic (exact) mass is 334 g/mol. The van der Waals surface area contributed by atoms with Crippen molar-refractivity contribution in [1.29, 1.82) is 0 Å². The van der Waals surface area contributed by atoms with Crippen molar-refractivity contribution < 1.29 is 18.7 Å². The molecule has 5 nitrogen and oxygen atoms in total. The Kier molecular flexibility index (Phi) is 4.04. The molecule has 24 heavy (non-hydrogen) atoms. The van der Waals surface area contributed by atoms with Gasteiger partial charge in [-0.1, -0.05) is 6.07 Å². The van der Waals surface area contributed by atoms with Crippen molar-refractivity contribution in [3.63, 3.8) is 0 Å². The van der Waals surface area contributed by atoms with Gasteiger partial charge in [0.25, 0.3) is 5.91 Å². The molecule has 2 aliphatic heterocycles. The van der Waals surface area contributed by atoms with Crippen molar-refractivity contribution in [1.82, 2.24) is 9.88 Å². The van der Waals surface area contributed by atoms with Crippen molar-refractivity contribution in [2.45, 2.75) is 43.6 Å². The molecule has 1 aromatic heterocycles. The molecule has 0 unspecified atom stereocenters. The van der Waals surface area contributed by atoms with Crippen LogP contribution in [-0.2, 0) is 20.9 Å². The number of pyridine rings is 1. The summed E-state index contributed by atoms with van der Waals surface area (Å²) in [5, 5.41) is 0. The zero-order chi connectivity index (χ0) is 16.6. The Bertz CT molecular complexity index is 600. The van der Waals surface area contributed by atoms with Crippen LogP contribution in [-0.4, -0.2) is 53.4 Å². The molecule has 130 valence electrons. The van der Waals surface area contributed by atoms with Crippen molar-refractivity contribution in [3.05, 3.63) is 30.1 Å². The highest BCUT2D eigenvalue weighted by atomic mass is 19.1. The number of carbonyl (C=O) groups is 1. The van der Waals surface area contributed by atoms with Crippen molar-refractivity contribution in [2.24, 2.45) is 5.92 Å². The molecule has 3 heterocycles. The molecule has 2 saturated heterocycles. The molecule has 1 spiro atoms. The maximum Gasteiger partial charge on any atom is 0.260 e. The number of likely N-dealkylation sites (tertiary alicyclic amines) is 1. The Balaban J connectivity index is 1.23. The molecular formula is C18H23FN2O3. The normalized spacial score (nSPS) is 26.4. The first-order chi connectivity index (χ1) is 11.6. The first-order valence-electron chi connectivity index (χ1n) is 8.71. The maximum atomic E-state index is 13.9. The van der Waals surface area contributed by atoms with E-state index in [0.29, 0.717) is 51.7 Å². The first kappa shape index (κ1) is 16.0. The summed E-state index contributed by atoms with van der Waals surface area (Å²) in [6, 6.07) is 5.78. The lowest BCUT2D eigenvalue weighted by Crippen LogP contribution is -2.67. The van der Waals surface area contributed by atoms with Crippen LogP contribution >= 0.6 is 0 Å². The summed E-state index contributed by atoms with van der Waals surface area (Å²) in [7, 11) is 0. The Morgan fingerprint density at radius 2 is 2.25 bits per heavy atom. The van der Waals surface area contributed by atoms with Crippen LogP contribution in [0.25, 0.3) is 0 Å². The van der Waals surface area contributed by atoms with Gasteiger partial charge in [-0.15, -0.1) is 0 Å². The van der Waals surface area contributed by atoms with Crippen molar-refractivity contribution >= 4 is 5.91 Å². The van der Waals surface area contributed by atoms with E-state index in [1.54, 1.807) is 11.1 Å². The van der Waals surface area contributed by atoms with Gasteiger partial charge >= 0.3 is 0 Å². The lowest BCUT2D eigenvalue weighted by Gasteiger charge is -2.50. The molecule has 6 heteroatoms. The minimum atomic E-state index is -1.57. The predicted molar refractivity (Wildman–Crippen MR) is 85.0 cm³/mol. The number of ether oxygens (including phenoxy) is 2. The van der Waals surface area contributed by atoms with Crippen LogP contribution < -0.4 is 0 Å². The molecule has 3 aliphatic rings. The van der Waals surface area contributed by atoms with Crippen LogP contribution in [0.4, 0.5) is 4.39 Å². The molecule has 4 rings (SSSR count). The third kappa shape index (κ3) is 2.93. The molecule has 3 fully saturated rings. The SMILES string of the molecule is O=C(N1CC2(C1)OCC[C@H]2CCOCc1ccccn1)C1(F)CC1. The minimum Gasteiger partial charge on any atom is -0.375 e. The van der Waals surface area contributed by atoms with E-state index < -0.39 is 5.67 Å². The zero-order valence-corrected chi connectivity index (χ0v) is 13.7. The average molecular weight is 334 g/mol. The molecule has 1 aliphatic carbocycles. The second-order valence-electron chi connectivity index (χ2n) is 7.19. The van der Waals surface area contributed by atoms with E-state index >= 15 is 0 Å². The summed E-state index contributed by atoms with van der Waals surface area (Å²) in [5.74, 6) is 0.0359. The number of halogens is 1. The number of carbonyl (C=O) groups excluding carboxylic acids is 1. The van der Waals surface area contributed by atoms with E-state index in [-0.39, 0.29) is 11.5 Å². The summed E-state index contributed by atoms with van der Waals surface area (Å²) in [5.41, 5.74) is -0.912. The molecule has 1 aromatic rings. The average Bonchev–Trinajstić information content (AvgIpc) is 3.18. The third-order valence-electron chi connectivity index (χ3n) is 5.46. The van der Waals surface area contributed by atoms with Crippen LogP contribution in [0.3, 0.4) is 0 Å². The predicted octanol–water partition coefficient (Wildman–Crippen LogP) is 2.11. The number of hydrogen-bond acceptors (Lipinski definition) is 4. The minimum absolute atomic E-state index is 0.269. The maximum absolute atomic E-state index is 13.9. The first-order valence-corrected chi connectivity index (χ1v) is 8.71. The second kappa shape index (κ2) is 6.08. The van der Waals surface area contributed by atoms with Crippen molar-refractivity contribution in [2.75, 3.05) is 26.3 Å². The molecule has 0 radical (unpaired) electrons. The van der Waals surface area contributed by atoms with Gasteiger partial charge in [-0.2, -0.15) is 0 Å². The quantitative estimate of drug-likeness (QED) is 0.748. The van der Waals surface area contributed by atoms with E-state index in [1.807, 2.05) is 18.2 Å². The summed E-state index contributed by atoms with van der Waals surface area (Å²) in [6.07, 6.45) is 4.39. The van der Waals surface area contributed by atoms with Gasteiger partial charge in [0.05, 0.1) is 25.4 Å². The van der Waals surface area contributed by atoms with Gasteiger partial charge in [-0.05, 0) is 43.7 Å². The molecule has 1 atom stereocenters. The van der Waals surface area contributed by atoms with Gasteiger partial charge in [0, 0.05) is 19.4 Å². The summed E-state index contributed by atoms with van der Waals surface area (Å²) < 4.78 is 25.5. The third-order valence-corrected chi connectivity index (χ3v) is 5.46. The van der Waals surface area contributed by atoms with E-state index in [1.165, 1.54) is 0 Å². The van der Waals surface area contributed by atoms with Crippen LogP contribution in [0.5, 0.6) is 0 Å². The molecular weight excluding hydrogens is 311 g/mol. The van der Waals surface area contributed by atoms with Gasteiger partial charge < -0.3 is 14.4 Å². The topological polar surface area (TPSA) is 51.7 Å². The number of nitrogens with zero attached hydrogens (tertiary/aromatic N) is 2. The van der Waals surface area contributed by atoms with Gasteiger partial charge in [-0.3, -0.25) is 9.78 Å². The number of amides is 1. The number of rotatable bonds is 6. The summed E-state index contributed by atoms with van der Waals surface area (Å²) >= 11 is 0. The Morgan fingerprint density at radius 1 is 1.42 bits per heavy atom. The summed E-state index contributed by atoms with van der Waals surface area (Å²) in [4.78, 5) is 17.9. The van der Waals surface area contributed by atoms with Crippen molar-refractivity contribution in [3.8, 4) is 0 Å². The fraction of sp³-hybridized carbons (Fsp3) is 0.667. The lowest BCUT2D eigenvalue weighted by atomic mass is 9.79. The second-order valence-corrected chi connectivity index (χ2v) is 7.19. The smallest absolute Gasteiger partial charge is 0.260 e. The van der Waals surface area contributed by atoms with Crippen LogP contribution in [0, 0.1) is 5.92 Å². The van der Waals surface area contributed by atoms with E-state index in [2.05, 4.69) is 4.98 Å². The molecule has 0 N–H and O–H groups in total. The Morgan fingerprint density at radius 3 is 2.96 bits per heavy atom. The number of aromatic nitrogens is 1. The molecule has 1 saturated carbocycles. The highest BCUT2D eigenvalue weighted by Crippen LogP contribution is 2.47. The van der Waals surface area contributed by atoms with E-state index in [4.69, 9.17) is 9.47 Å². The number of hydrogen-bond donors (Lipinski definition) is 0. The fourth-order valence-corrected chi connectivity index (χ4v) is 3.78. The Labute approximate surface area is 141 Å². The van der Waals surface area contributed by atoms with Crippen LogP contribution in [0.1, 0.15) is 31.4 Å². The summed E-state index contributed by atoms with van der Waals surface area (Å²) in [6.45, 7) is 2.93. The highest BCUT2D eigenvalue weighted by molar-refractivity contribution is 5.88. The van der Waals surface area contributed by atoms with Crippen LogP contribution in [0.2, 0.25) is 0 Å². The lowest BCUT2D eigenvalue weighted by molar-refractivity contribution is -0.172. The van der Waals surface area contributed by atoms with Crippen LogP contribution in [0.15, 0.2) is 24.4 Å². The van der Waals surface area contributed by atoms with E-state index in [0.717, 1.165) is 18.5 Å². The largest absolute Gasteiger partial charge is 0.375 e. The molecule has 0 aromatic carbocycles. The Hall–Kier alpha value is -1.53.